The largest absolute Gasteiger partial charge is 0.396 e. The van der Waals surface area contributed by atoms with Crippen molar-refractivity contribution in [3.63, 3.8) is 0 Å². The van der Waals surface area contributed by atoms with Crippen molar-refractivity contribution in [3.8, 4) is 0 Å². The van der Waals surface area contributed by atoms with Crippen LogP contribution < -0.4 is 0 Å². The Balaban J connectivity index is 0. The van der Waals surface area contributed by atoms with Gasteiger partial charge in [0.2, 0.25) is 0 Å². The standard InChI is InChI=1S/C18H30O3.C5H12O4/c1-5-9-16(10-6-2)18(11-7-3,12-8-4)17(13-19,14-20)15-21;6-1-5(2-7,3-8)4-9/h5-8,16,19-21H,1-4,9-15H2;6-9H,1-4H2. The highest BCUT2D eigenvalue weighted by Crippen LogP contribution is 2.53. The Morgan fingerprint density at radius 3 is 1.03 bits per heavy atom. The van der Waals surface area contributed by atoms with Crippen LogP contribution in [0.15, 0.2) is 50.6 Å². The molecule has 0 atom stereocenters. The average molecular weight is 431 g/mol. The average Bonchev–Trinajstić information content (AvgIpc) is 2.78. The number of aliphatic hydroxyl groups excluding tert-OH is 7. The van der Waals surface area contributed by atoms with Crippen molar-refractivity contribution in [1.82, 2.24) is 0 Å². The zero-order valence-electron chi connectivity index (χ0n) is 18.1. The van der Waals surface area contributed by atoms with Crippen LogP contribution in [0, 0.1) is 22.2 Å². The van der Waals surface area contributed by atoms with Gasteiger partial charge >= 0.3 is 0 Å². The highest BCUT2D eigenvalue weighted by atomic mass is 16.3. The number of rotatable bonds is 17. The normalized spacial score (nSPS) is 12.1. The smallest absolute Gasteiger partial charge is 0.0627 e. The number of hydrogen-bond donors (Lipinski definition) is 7. The molecule has 0 fully saturated rings. The van der Waals surface area contributed by atoms with E-state index in [1.54, 1.807) is 12.2 Å². The third-order valence-corrected chi connectivity index (χ3v) is 6.01. The van der Waals surface area contributed by atoms with E-state index in [-0.39, 0.29) is 25.7 Å². The van der Waals surface area contributed by atoms with Gasteiger partial charge in [-0.2, -0.15) is 0 Å². The van der Waals surface area contributed by atoms with E-state index < -0.39 is 42.7 Å². The first-order valence-corrected chi connectivity index (χ1v) is 10.0. The van der Waals surface area contributed by atoms with Gasteiger partial charge in [-0.3, -0.25) is 0 Å². The van der Waals surface area contributed by atoms with Gasteiger partial charge in [-0.25, -0.2) is 0 Å². The lowest BCUT2D eigenvalue weighted by atomic mass is 9.53. The summed E-state index contributed by atoms with van der Waals surface area (Å²) in [6.45, 7) is 12.7. The zero-order valence-corrected chi connectivity index (χ0v) is 18.1. The third kappa shape index (κ3) is 7.42. The van der Waals surface area contributed by atoms with Gasteiger partial charge in [-0.15, -0.1) is 26.3 Å². The molecule has 176 valence electrons. The van der Waals surface area contributed by atoms with E-state index in [1.165, 1.54) is 0 Å². The van der Waals surface area contributed by atoms with Gasteiger partial charge in [0.15, 0.2) is 0 Å². The molecule has 0 heterocycles. The lowest BCUT2D eigenvalue weighted by molar-refractivity contribution is -0.119. The number of aliphatic hydroxyl groups is 7. The molecule has 0 unspecified atom stereocenters. The van der Waals surface area contributed by atoms with Crippen molar-refractivity contribution in [3.05, 3.63) is 50.6 Å². The molecule has 7 N–H and O–H groups in total. The maximum atomic E-state index is 9.91. The molecule has 0 aromatic carbocycles. The molecule has 0 aliphatic carbocycles. The van der Waals surface area contributed by atoms with Crippen LogP contribution in [-0.2, 0) is 0 Å². The van der Waals surface area contributed by atoms with Crippen LogP contribution >= 0.6 is 0 Å². The van der Waals surface area contributed by atoms with Crippen LogP contribution in [0.1, 0.15) is 25.7 Å². The van der Waals surface area contributed by atoms with Gasteiger partial charge in [0.25, 0.3) is 0 Å². The quantitative estimate of drug-likeness (QED) is 0.169. The van der Waals surface area contributed by atoms with Crippen LogP contribution in [0.3, 0.4) is 0 Å². The second kappa shape index (κ2) is 16.4. The lowest BCUT2D eigenvalue weighted by Crippen LogP contribution is -2.53. The number of hydrogen-bond acceptors (Lipinski definition) is 7. The van der Waals surface area contributed by atoms with Gasteiger partial charge in [0, 0.05) is 5.41 Å². The van der Waals surface area contributed by atoms with Crippen LogP contribution in [0.2, 0.25) is 0 Å². The molecular weight excluding hydrogens is 388 g/mol. The Labute approximate surface area is 181 Å². The van der Waals surface area contributed by atoms with E-state index in [0.29, 0.717) is 25.7 Å². The SMILES string of the molecule is C=CCC(CC=C)C(CC=C)(CC=C)C(CO)(CO)CO.OCC(CO)(CO)CO. The van der Waals surface area contributed by atoms with Crippen molar-refractivity contribution in [2.24, 2.45) is 22.2 Å². The predicted octanol–water partition coefficient (Wildman–Crippen LogP) is 0.799. The summed E-state index contributed by atoms with van der Waals surface area (Å²) in [6.07, 6.45) is 9.74. The van der Waals surface area contributed by atoms with E-state index in [9.17, 15) is 15.3 Å². The highest BCUT2D eigenvalue weighted by molar-refractivity contribution is 5.08. The molecule has 0 radical (unpaired) electrons. The summed E-state index contributed by atoms with van der Waals surface area (Å²) in [5, 5.41) is 63.7. The van der Waals surface area contributed by atoms with Crippen LogP contribution in [0.25, 0.3) is 0 Å². The summed E-state index contributed by atoms with van der Waals surface area (Å²) < 4.78 is 0. The number of allylic oxidation sites excluding steroid dienone is 4. The van der Waals surface area contributed by atoms with Crippen molar-refractivity contribution < 1.29 is 35.7 Å². The van der Waals surface area contributed by atoms with Gasteiger partial charge in [0.1, 0.15) is 0 Å². The Morgan fingerprint density at radius 1 is 0.533 bits per heavy atom. The fraction of sp³-hybridized carbons (Fsp3) is 0.652. The van der Waals surface area contributed by atoms with Gasteiger partial charge in [-0.05, 0) is 37.0 Å². The van der Waals surface area contributed by atoms with E-state index >= 15 is 0 Å². The summed E-state index contributed by atoms with van der Waals surface area (Å²) in [5.74, 6) is 0.0787. The maximum absolute atomic E-state index is 9.91. The molecule has 0 spiro atoms. The molecule has 30 heavy (non-hydrogen) atoms. The van der Waals surface area contributed by atoms with E-state index in [2.05, 4.69) is 26.3 Å². The lowest BCUT2D eigenvalue weighted by Gasteiger charge is -2.52. The first-order chi connectivity index (χ1) is 14.3. The van der Waals surface area contributed by atoms with Crippen LogP contribution in [-0.4, -0.2) is 82.0 Å². The molecular formula is C23H42O7. The minimum absolute atomic E-state index is 0.0787. The van der Waals surface area contributed by atoms with Crippen molar-refractivity contribution in [2.75, 3.05) is 46.2 Å². The van der Waals surface area contributed by atoms with Crippen LogP contribution in [0.4, 0.5) is 0 Å². The summed E-state index contributed by atoms with van der Waals surface area (Å²) in [6, 6.07) is 0. The fourth-order valence-electron chi connectivity index (χ4n) is 3.67. The highest BCUT2D eigenvalue weighted by Gasteiger charge is 2.52. The Morgan fingerprint density at radius 2 is 0.867 bits per heavy atom. The molecule has 7 heteroatoms. The van der Waals surface area contributed by atoms with E-state index in [4.69, 9.17) is 20.4 Å². The molecule has 0 amide bonds. The Bertz CT molecular complexity index is 436. The summed E-state index contributed by atoms with van der Waals surface area (Å²) in [7, 11) is 0. The minimum Gasteiger partial charge on any atom is -0.396 e. The molecule has 0 aliphatic rings. The molecule has 0 saturated carbocycles. The van der Waals surface area contributed by atoms with Gasteiger partial charge < -0.3 is 35.7 Å². The molecule has 0 aromatic heterocycles. The summed E-state index contributed by atoms with van der Waals surface area (Å²) in [5.41, 5.74) is -2.66. The fourth-order valence-corrected chi connectivity index (χ4v) is 3.67. The van der Waals surface area contributed by atoms with Crippen molar-refractivity contribution in [1.29, 1.82) is 0 Å². The Kier molecular flexibility index (Phi) is 16.9. The summed E-state index contributed by atoms with van der Waals surface area (Å²) >= 11 is 0. The molecule has 7 nitrogen and oxygen atoms in total. The first-order valence-electron chi connectivity index (χ1n) is 10.0. The van der Waals surface area contributed by atoms with Crippen molar-refractivity contribution >= 4 is 0 Å². The predicted molar refractivity (Wildman–Crippen MR) is 120 cm³/mol. The molecule has 0 rings (SSSR count). The van der Waals surface area contributed by atoms with Crippen molar-refractivity contribution in [2.45, 2.75) is 25.7 Å². The topological polar surface area (TPSA) is 142 Å². The maximum Gasteiger partial charge on any atom is 0.0627 e. The molecule has 0 aliphatic heterocycles. The van der Waals surface area contributed by atoms with Gasteiger partial charge in [0.05, 0.1) is 51.7 Å². The van der Waals surface area contributed by atoms with E-state index in [1.807, 2.05) is 12.2 Å². The van der Waals surface area contributed by atoms with E-state index in [0.717, 1.165) is 0 Å². The molecule has 0 aromatic rings. The van der Waals surface area contributed by atoms with Crippen LogP contribution in [0.5, 0.6) is 0 Å². The molecule has 0 bridgehead atoms. The second-order valence-electron chi connectivity index (χ2n) is 7.77. The monoisotopic (exact) mass is 430 g/mol. The second-order valence-corrected chi connectivity index (χ2v) is 7.77. The minimum atomic E-state index is -1.11. The summed E-state index contributed by atoms with van der Waals surface area (Å²) in [4.78, 5) is 0. The van der Waals surface area contributed by atoms with Gasteiger partial charge in [-0.1, -0.05) is 24.3 Å². The zero-order chi connectivity index (χ0) is 23.7. The molecule has 0 saturated heterocycles. The Hall–Kier alpha value is -1.32. The third-order valence-electron chi connectivity index (χ3n) is 6.01. The first kappa shape index (κ1) is 30.9.